The summed E-state index contributed by atoms with van der Waals surface area (Å²) in [5, 5.41) is 6.25. The minimum Gasteiger partial charge on any atom is -0.378 e. The van der Waals surface area contributed by atoms with Crippen molar-refractivity contribution in [3.05, 3.63) is 54.4 Å². The predicted octanol–water partition coefficient (Wildman–Crippen LogP) is 2.78. The monoisotopic (exact) mass is 282 g/mol. The van der Waals surface area contributed by atoms with Crippen LogP contribution in [-0.4, -0.2) is 24.1 Å². The Balaban J connectivity index is 1.76. The summed E-state index contributed by atoms with van der Waals surface area (Å²) < 4.78 is 0. The first-order valence-corrected chi connectivity index (χ1v) is 7.06. The number of nitrogens with one attached hydrogen (secondary N) is 2. The van der Waals surface area contributed by atoms with Crippen molar-refractivity contribution in [1.29, 1.82) is 0 Å². The summed E-state index contributed by atoms with van der Waals surface area (Å²) in [7, 11) is 0. The molecule has 5 nitrogen and oxygen atoms in total. The van der Waals surface area contributed by atoms with Gasteiger partial charge in [-0.2, -0.15) is 0 Å². The maximum atomic E-state index is 11.7. The lowest BCUT2D eigenvalue weighted by Gasteiger charge is -2.18. The first kappa shape index (κ1) is 13.4. The summed E-state index contributed by atoms with van der Waals surface area (Å²) >= 11 is 0. The normalized spacial score (nSPS) is 15.7. The lowest BCUT2D eigenvalue weighted by Crippen LogP contribution is -2.27. The van der Waals surface area contributed by atoms with Crippen LogP contribution in [-0.2, 0) is 0 Å². The molecule has 1 saturated heterocycles. The number of benzene rings is 1. The lowest BCUT2D eigenvalue weighted by atomic mass is 10.1. The number of amides is 2. The van der Waals surface area contributed by atoms with Gasteiger partial charge in [-0.15, -0.1) is 0 Å². The maximum absolute atomic E-state index is 11.7. The molecule has 0 radical (unpaired) electrons. The zero-order chi connectivity index (χ0) is 14.7. The first-order chi connectivity index (χ1) is 10.2. The summed E-state index contributed by atoms with van der Waals surface area (Å²) in [5.74, 6) is 0. The van der Waals surface area contributed by atoms with Gasteiger partial charge in [-0.05, 0) is 36.8 Å². The van der Waals surface area contributed by atoms with Gasteiger partial charge in [0.1, 0.15) is 0 Å². The molecule has 0 spiro atoms. The van der Waals surface area contributed by atoms with Crippen LogP contribution >= 0.6 is 0 Å². The van der Waals surface area contributed by atoms with Crippen molar-refractivity contribution in [3.8, 4) is 0 Å². The molecule has 5 heteroatoms. The molecule has 0 aliphatic carbocycles. The number of hydrogen-bond donors (Lipinski definition) is 2. The molecule has 3 rings (SSSR count). The van der Waals surface area contributed by atoms with Crippen LogP contribution in [0.1, 0.15) is 18.5 Å². The highest BCUT2D eigenvalue weighted by Crippen LogP contribution is 2.24. The molecule has 2 aromatic rings. The summed E-state index contributed by atoms with van der Waals surface area (Å²) in [5.41, 5.74) is 3.03. The third-order valence-corrected chi connectivity index (χ3v) is 3.58. The number of anilines is 2. The molecule has 1 aromatic carbocycles. The molecule has 2 amide bonds. The molecule has 1 aromatic heterocycles. The fourth-order valence-corrected chi connectivity index (χ4v) is 2.45. The van der Waals surface area contributed by atoms with Gasteiger partial charge < -0.3 is 10.6 Å². The van der Waals surface area contributed by atoms with Crippen molar-refractivity contribution < 1.29 is 4.79 Å². The molecule has 21 heavy (non-hydrogen) atoms. The van der Waals surface area contributed by atoms with Crippen LogP contribution in [0.5, 0.6) is 0 Å². The average Bonchev–Trinajstić information content (AvgIpc) is 2.94. The minimum absolute atomic E-state index is 0.0348. The van der Waals surface area contributed by atoms with Gasteiger partial charge >= 0.3 is 6.03 Å². The highest BCUT2D eigenvalue weighted by atomic mass is 16.2. The van der Waals surface area contributed by atoms with Crippen molar-refractivity contribution in [2.24, 2.45) is 0 Å². The molecular weight excluding hydrogens is 264 g/mol. The highest BCUT2D eigenvalue weighted by Gasteiger charge is 2.21. The van der Waals surface area contributed by atoms with Gasteiger partial charge in [-0.1, -0.05) is 12.1 Å². The summed E-state index contributed by atoms with van der Waals surface area (Å²) in [6.45, 7) is 3.50. The third kappa shape index (κ3) is 2.97. The number of carbonyl (C=O) groups is 1. The largest absolute Gasteiger partial charge is 0.378 e. The van der Waals surface area contributed by atoms with Gasteiger partial charge in [0, 0.05) is 36.9 Å². The summed E-state index contributed by atoms with van der Waals surface area (Å²) in [6.07, 6.45) is 3.62. The van der Waals surface area contributed by atoms with Gasteiger partial charge in [0.25, 0.3) is 0 Å². The standard InChI is InChI=1S/C16H18N4O/c1-12(13-4-3-7-17-11-13)19-14-5-2-6-15(10-14)20-9-8-18-16(20)21/h2-7,10-12,19H,8-9H2,1H3,(H,18,21). The smallest absolute Gasteiger partial charge is 0.321 e. The molecular formula is C16H18N4O. The van der Waals surface area contributed by atoms with Gasteiger partial charge in [0.15, 0.2) is 0 Å². The van der Waals surface area contributed by atoms with E-state index in [1.165, 1.54) is 0 Å². The van der Waals surface area contributed by atoms with Crippen molar-refractivity contribution in [2.45, 2.75) is 13.0 Å². The Morgan fingerprint density at radius 2 is 2.24 bits per heavy atom. The molecule has 2 heterocycles. The molecule has 1 fully saturated rings. The fraction of sp³-hybridized carbons (Fsp3) is 0.250. The Bertz CT molecular complexity index is 629. The van der Waals surface area contributed by atoms with E-state index in [4.69, 9.17) is 0 Å². The number of carbonyl (C=O) groups excluding carboxylic acids is 1. The van der Waals surface area contributed by atoms with E-state index in [9.17, 15) is 4.79 Å². The zero-order valence-electron chi connectivity index (χ0n) is 11.9. The molecule has 0 bridgehead atoms. The van der Waals surface area contributed by atoms with E-state index in [2.05, 4.69) is 22.5 Å². The van der Waals surface area contributed by atoms with E-state index >= 15 is 0 Å². The average molecular weight is 282 g/mol. The highest BCUT2D eigenvalue weighted by molar-refractivity contribution is 5.94. The number of urea groups is 1. The predicted molar refractivity (Wildman–Crippen MR) is 83.5 cm³/mol. The quantitative estimate of drug-likeness (QED) is 0.906. The second-order valence-electron chi connectivity index (χ2n) is 5.09. The SMILES string of the molecule is CC(Nc1cccc(N2CCNC2=O)c1)c1cccnc1. The van der Waals surface area contributed by atoms with Crippen molar-refractivity contribution in [2.75, 3.05) is 23.3 Å². The fourth-order valence-electron chi connectivity index (χ4n) is 2.45. The van der Waals surface area contributed by atoms with E-state index < -0.39 is 0 Å². The second kappa shape index (κ2) is 5.83. The minimum atomic E-state index is -0.0348. The molecule has 1 unspecified atom stereocenters. The molecule has 1 aliphatic rings. The second-order valence-corrected chi connectivity index (χ2v) is 5.09. The van der Waals surface area contributed by atoms with Crippen LogP contribution < -0.4 is 15.5 Å². The van der Waals surface area contributed by atoms with E-state index in [1.54, 1.807) is 11.1 Å². The van der Waals surface area contributed by atoms with Crippen molar-refractivity contribution in [3.63, 3.8) is 0 Å². The molecule has 0 saturated carbocycles. The molecule has 1 atom stereocenters. The lowest BCUT2D eigenvalue weighted by molar-refractivity contribution is 0.252. The zero-order valence-corrected chi connectivity index (χ0v) is 11.9. The Kier molecular flexibility index (Phi) is 3.73. The van der Waals surface area contributed by atoms with Crippen molar-refractivity contribution in [1.82, 2.24) is 10.3 Å². The van der Waals surface area contributed by atoms with Gasteiger partial charge in [-0.25, -0.2) is 4.79 Å². The van der Waals surface area contributed by atoms with Gasteiger partial charge in [0.05, 0.1) is 6.04 Å². The Hall–Kier alpha value is -2.56. The van der Waals surface area contributed by atoms with E-state index in [0.29, 0.717) is 13.1 Å². The van der Waals surface area contributed by atoms with E-state index in [-0.39, 0.29) is 12.1 Å². The van der Waals surface area contributed by atoms with Crippen LogP contribution in [0.25, 0.3) is 0 Å². The Morgan fingerprint density at radius 1 is 1.33 bits per heavy atom. The van der Waals surface area contributed by atoms with Gasteiger partial charge in [0.2, 0.25) is 0 Å². The Morgan fingerprint density at radius 3 is 2.95 bits per heavy atom. The third-order valence-electron chi connectivity index (χ3n) is 3.58. The summed E-state index contributed by atoms with van der Waals surface area (Å²) in [6, 6.07) is 12.0. The van der Waals surface area contributed by atoms with Crippen molar-refractivity contribution >= 4 is 17.4 Å². The number of pyridine rings is 1. The van der Waals surface area contributed by atoms with Crippen LogP contribution in [0.3, 0.4) is 0 Å². The van der Waals surface area contributed by atoms with E-state index in [1.807, 2.05) is 42.6 Å². The number of aromatic nitrogens is 1. The van der Waals surface area contributed by atoms with Crippen LogP contribution in [0.4, 0.5) is 16.2 Å². The summed E-state index contributed by atoms with van der Waals surface area (Å²) in [4.78, 5) is 17.6. The number of nitrogens with zero attached hydrogens (tertiary/aromatic N) is 2. The molecule has 108 valence electrons. The van der Waals surface area contributed by atoms with Gasteiger partial charge in [-0.3, -0.25) is 9.88 Å². The van der Waals surface area contributed by atoms with Crippen LogP contribution in [0.15, 0.2) is 48.8 Å². The molecule has 1 aliphatic heterocycles. The van der Waals surface area contributed by atoms with E-state index in [0.717, 1.165) is 16.9 Å². The first-order valence-electron chi connectivity index (χ1n) is 7.06. The Labute approximate surface area is 124 Å². The maximum Gasteiger partial charge on any atom is 0.321 e. The van der Waals surface area contributed by atoms with Crippen LogP contribution in [0, 0.1) is 0 Å². The molecule has 2 N–H and O–H groups in total. The topological polar surface area (TPSA) is 57.3 Å². The number of rotatable bonds is 4. The van der Waals surface area contributed by atoms with Crippen LogP contribution in [0.2, 0.25) is 0 Å². The number of hydrogen-bond acceptors (Lipinski definition) is 3.